The van der Waals surface area contributed by atoms with Crippen LogP contribution in [0, 0.1) is 5.95 Å². The predicted molar refractivity (Wildman–Crippen MR) is 111 cm³/mol. The summed E-state index contributed by atoms with van der Waals surface area (Å²) in [5.41, 5.74) is 0.218. The van der Waals surface area contributed by atoms with Crippen LogP contribution in [0.5, 0.6) is 0 Å². The van der Waals surface area contributed by atoms with Crippen LogP contribution in [0.3, 0.4) is 0 Å². The summed E-state index contributed by atoms with van der Waals surface area (Å²) in [6.45, 7) is 5.89. The molecule has 1 saturated heterocycles. The molecule has 1 fully saturated rings. The second kappa shape index (κ2) is 14.8. The molecular formula is C18H34FN5O6S. The van der Waals surface area contributed by atoms with Gasteiger partial charge < -0.3 is 24.3 Å². The van der Waals surface area contributed by atoms with Crippen molar-refractivity contribution in [3.05, 3.63) is 11.6 Å². The third-order valence-electron chi connectivity index (χ3n) is 4.61. The van der Waals surface area contributed by atoms with Crippen LogP contribution < -0.4 is 5.32 Å². The zero-order chi connectivity index (χ0) is 22.4. The van der Waals surface area contributed by atoms with Gasteiger partial charge in [-0.15, -0.1) is 5.10 Å². The zero-order valence-electron chi connectivity index (χ0n) is 18.1. The average Bonchev–Trinajstić information content (AvgIpc) is 3.09. The van der Waals surface area contributed by atoms with Gasteiger partial charge in [0, 0.05) is 26.2 Å². The second-order valence-corrected chi connectivity index (χ2v) is 9.33. The van der Waals surface area contributed by atoms with Gasteiger partial charge in [0.15, 0.2) is 9.84 Å². The zero-order valence-corrected chi connectivity index (χ0v) is 18.9. The van der Waals surface area contributed by atoms with Crippen molar-refractivity contribution in [3.63, 3.8) is 0 Å². The van der Waals surface area contributed by atoms with Crippen molar-refractivity contribution >= 4 is 9.84 Å². The Morgan fingerprint density at radius 2 is 1.48 bits per heavy atom. The summed E-state index contributed by atoms with van der Waals surface area (Å²) >= 11 is 0. The Morgan fingerprint density at radius 3 is 2.06 bits per heavy atom. The number of aromatic nitrogens is 3. The maximum absolute atomic E-state index is 14.4. The third-order valence-corrected chi connectivity index (χ3v) is 6.22. The molecule has 0 unspecified atom stereocenters. The number of nitrogens with zero attached hydrogens (tertiary/aromatic N) is 4. The van der Waals surface area contributed by atoms with E-state index in [2.05, 4.69) is 15.6 Å². The molecule has 1 aromatic heterocycles. The summed E-state index contributed by atoms with van der Waals surface area (Å²) in [5.74, 6) is -0.327. The molecule has 1 aliphatic rings. The van der Waals surface area contributed by atoms with E-state index in [4.69, 9.17) is 18.9 Å². The lowest BCUT2D eigenvalue weighted by molar-refractivity contribution is -0.00255. The highest BCUT2D eigenvalue weighted by Crippen LogP contribution is 2.10. The number of rotatable bonds is 17. The number of likely N-dealkylation sites (N-methyl/N-ethyl adjacent to an activating group) is 1. The van der Waals surface area contributed by atoms with E-state index < -0.39 is 15.8 Å². The minimum atomic E-state index is -2.96. The number of hydrogen-bond acceptors (Lipinski definition) is 10. The van der Waals surface area contributed by atoms with Crippen LogP contribution in [0.2, 0.25) is 0 Å². The second-order valence-electron chi connectivity index (χ2n) is 7.03. The Kier molecular flexibility index (Phi) is 12.4. The van der Waals surface area contributed by atoms with Gasteiger partial charge in [0.2, 0.25) is 5.95 Å². The molecule has 2 heterocycles. The first kappa shape index (κ1) is 26.0. The van der Waals surface area contributed by atoms with Crippen molar-refractivity contribution < 1.29 is 31.8 Å². The van der Waals surface area contributed by atoms with Crippen molar-refractivity contribution in [1.82, 2.24) is 25.2 Å². The summed E-state index contributed by atoms with van der Waals surface area (Å²) in [6.07, 6.45) is 0. The molecule has 1 N–H and O–H groups in total. The van der Waals surface area contributed by atoms with Gasteiger partial charge in [-0.05, 0) is 7.05 Å². The van der Waals surface area contributed by atoms with Gasteiger partial charge >= 0.3 is 0 Å². The number of hydrogen-bond donors (Lipinski definition) is 1. The highest BCUT2D eigenvalue weighted by atomic mass is 32.2. The Bertz CT molecular complexity index is 706. The molecule has 0 saturated carbocycles. The van der Waals surface area contributed by atoms with E-state index in [0.29, 0.717) is 59.3 Å². The highest BCUT2D eigenvalue weighted by molar-refractivity contribution is 7.91. The first-order chi connectivity index (χ1) is 15.0. The van der Waals surface area contributed by atoms with Crippen LogP contribution in [0.25, 0.3) is 0 Å². The van der Waals surface area contributed by atoms with Gasteiger partial charge in [-0.3, -0.25) is 4.90 Å². The largest absolute Gasteiger partial charge is 0.378 e. The number of sulfone groups is 1. The van der Waals surface area contributed by atoms with Crippen molar-refractivity contribution in [3.8, 4) is 0 Å². The Hall–Kier alpha value is -1.22. The summed E-state index contributed by atoms with van der Waals surface area (Å²) in [4.78, 5) is 1.87. The smallest absolute Gasteiger partial charge is 0.236 e. The maximum Gasteiger partial charge on any atom is 0.236 e. The van der Waals surface area contributed by atoms with Crippen LogP contribution in [-0.2, 0) is 41.9 Å². The highest BCUT2D eigenvalue weighted by Gasteiger charge is 2.24. The molecule has 0 spiro atoms. The molecule has 1 aliphatic heterocycles. The summed E-state index contributed by atoms with van der Waals surface area (Å²) < 4.78 is 60.0. The molecule has 0 aromatic carbocycles. The van der Waals surface area contributed by atoms with Gasteiger partial charge in [-0.25, -0.2) is 13.1 Å². The molecule has 0 aliphatic carbocycles. The summed E-state index contributed by atoms with van der Waals surface area (Å²) in [7, 11) is -1.09. The van der Waals surface area contributed by atoms with Gasteiger partial charge in [-0.1, -0.05) is 5.21 Å². The Labute approximate surface area is 183 Å². The predicted octanol–water partition coefficient (Wildman–Crippen LogP) is -1.07. The van der Waals surface area contributed by atoms with Crippen LogP contribution in [-0.4, -0.2) is 119 Å². The molecule has 31 heavy (non-hydrogen) atoms. The van der Waals surface area contributed by atoms with Crippen LogP contribution in [0.4, 0.5) is 4.39 Å². The van der Waals surface area contributed by atoms with Crippen molar-refractivity contribution in [2.45, 2.75) is 13.1 Å². The van der Waals surface area contributed by atoms with Gasteiger partial charge in [0.25, 0.3) is 0 Å². The number of halogens is 1. The molecule has 180 valence electrons. The maximum atomic E-state index is 14.4. The normalized spacial score (nSPS) is 16.7. The molecule has 0 bridgehead atoms. The molecule has 1 aromatic rings. The summed E-state index contributed by atoms with van der Waals surface area (Å²) in [6, 6.07) is 0. The lowest BCUT2D eigenvalue weighted by Crippen LogP contribution is -2.39. The first-order valence-corrected chi connectivity index (χ1v) is 12.3. The van der Waals surface area contributed by atoms with Crippen LogP contribution in [0.1, 0.15) is 5.69 Å². The van der Waals surface area contributed by atoms with E-state index in [1.54, 1.807) is 0 Å². The van der Waals surface area contributed by atoms with Crippen molar-refractivity contribution in [1.29, 1.82) is 0 Å². The fourth-order valence-electron chi connectivity index (χ4n) is 2.78. The minimum absolute atomic E-state index is 0.0934. The van der Waals surface area contributed by atoms with E-state index in [1.807, 2.05) is 11.9 Å². The molecule has 0 atom stereocenters. The Morgan fingerprint density at radius 1 is 0.935 bits per heavy atom. The average molecular weight is 468 g/mol. The molecule has 0 amide bonds. The van der Waals surface area contributed by atoms with Crippen LogP contribution >= 0.6 is 0 Å². The van der Waals surface area contributed by atoms with Gasteiger partial charge in [-0.2, -0.15) is 4.39 Å². The molecule has 2 rings (SSSR count). The standard InChI is InChI=1S/C18H34FN5O6S/c1-20-2-6-27-8-10-29-12-13-30-11-9-28-7-3-24-18(19)17(21-22-24)16-23-4-14-31(25,26)15-5-23/h20H,2-16H2,1H3. The SMILES string of the molecule is CNCCOCCOCCOCCOCCn1nnc(CN2CCS(=O)(=O)CC2)c1F. The molecule has 0 radical (unpaired) electrons. The monoisotopic (exact) mass is 467 g/mol. The fraction of sp³-hybridized carbons (Fsp3) is 0.889. The molecule has 13 heteroatoms. The Balaban J connectivity index is 1.46. The van der Waals surface area contributed by atoms with E-state index in [0.717, 1.165) is 11.2 Å². The van der Waals surface area contributed by atoms with E-state index in [9.17, 15) is 12.8 Å². The van der Waals surface area contributed by atoms with Crippen LogP contribution in [0.15, 0.2) is 0 Å². The first-order valence-electron chi connectivity index (χ1n) is 10.5. The number of ether oxygens (including phenoxy) is 4. The van der Waals surface area contributed by atoms with Crippen molar-refractivity contribution in [2.75, 3.05) is 91.0 Å². The summed E-state index contributed by atoms with van der Waals surface area (Å²) in [5, 5.41) is 10.7. The fourth-order valence-corrected chi connectivity index (χ4v) is 4.06. The topological polar surface area (TPSA) is 117 Å². The molecular weight excluding hydrogens is 433 g/mol. The van der Waals surface area contributed by atoms with Crippen molar-refractivity contribution in [2.24, 2.45) is 0 Å². The third kappa shape index (κ3) is 10.8. The lowest BCUT2D eigenvalue weighted by atomic mass is 10.4. The lowest BCUT2D eigenvalue weighted by Gasteiger charge is -2.25. The van der Waals surface area contributed by atoms with E-state index >= 15 is 0 Å². The van der Waals surface area contributed by atoms with E-state index in [1.165, 1.54) is 0 Å². The molecule has 11 nitrogen and oxygen atoms in total. The van der Waals surface area contributed by atoms with E-state index in [-0.39, 0.29) is 36.9 Å². The number of nitrogens with one attached hydrogen (secondary N) is 1. The van der Waals surface area contributed by atoms with Gasteiger partial charge in [0.1, 0.15) is 5.69 Å². The minimum Gasteiger partial charge on any atom is -0.378 e. The quantitative estimate of drug-likeness (QED) is 0.284. The van der Waals surface area contributed by atoms with Gasteiger partial charge in [0.05, 0.1) is 70.9 Å².